The summed E-state index contributed by atoms with van der Waals surface area (Å²) < 4.78 is 0. The van der Waals surface area contributed by atoms with Gasteiger partial charge in [0.2, 0.25) is 0 Å². The molecule has 5 aliphatic carbocycles. The van der Waals surface area contributed by atoms with Gasteiger partial charge in [-0.15, -0.1) is 0 Å². The Morgan fingerprint density at radius 2 is 1.82 bits per heavy atom. The van der Waals surface area contributed by atoms with E-state index in [1.54, 1.807) is 0 Å². The molecule has 5 nitrogen and oxygen atoms in total. The maximum absolute atomic E-state index is 13.3. The number of carbonyl (C=O) groups excluding carboxylic acids is 3. The quantitative estimate of drug-likeness (QED) is 0.702. The van der Waals surface area contributed by atoms with Gasteiger partial charge in [-0.1, -0.05) is 19.9 Å². The molecule has 1 spiro atoms. The molecule has 148 valence electrons. The second-order valence-corrected chi connectivity index (χ2v) is 10.1. The molecule has 5 rings (SSSR count). The highest BCUT2D eigenvalue weighted by atomic mass is 16.4. The lowest BCUT2D eigenvalue weighted by molar-refractivity contribution is -0.144. The molecule has 5 atom stereocenters. The van der Waals surface area contributed by atoms with Crippen LogP contribution in [0.1, 0.15) is 65.2 Å². The molecule has 5 heteroatoms. The van der Waals surface area contributed by atoms with Crippen LogP contribution in [0.5, 0.6) is 0 Å². The molecule has 5 aliphatic rings. The Kier molecular flexibility index (Phi) is 3.42. The van der Waals surface area contributed by atoms with Crippen molar-refractivity contribution in [2.45, 2.75) is 65.2 Å². The smallest absolute Gasteiger partial charge is 0.339 e. The lowest BCUT2D eigenvalue weighted by atomic mass is 9.46. The van der Waals surface area contributed by atoms with Crippen molar-refractivity contribution in [1.29, 1.82) is 0 Å². The first-order valence-electron chi connectivity index (χ1n) is 10.4. The van der Waals surface area contributed by atoms with Crippen LogP contribution in [0.25, 0.3) is 0 Å². The molecule has 0 aliphatic heterocycles. The minimum Gasteiger partial charge on any atom is -0.478 e. The van der Waals surface area contributed by atoms with Gasteiger partial charge in [0.1, 0.15) is 17.1 Å². The van der Waals surface area contributed by atoms with Crippen LogP contribution in [-0.4, -0.2) is 28.4 Å². The van der Waals surface area contributed by atoms with Crippen molar-refractivity contribution < 1.29 is 24.3 Å². The van der Waals surface area contributed by atoms with Crippen LogP contribution in [0.2, 0.25) is 0 Å². The van der Waals surface area contributed by atoms with Gasteiger partial charge in [0, 0.05) is 25.2 Å². The summed E-state index contributed by atoms with van der Waals surface area (Å²) in [6.45, 7) is 4.21. The zero-order valence-corrected chi connectivity index (χ0v) is 16.5. The lowest BCUT2D eigenvalue weighted by Gasteiger charge is -2.55. The first-order chi connectivity index (χ1) is 13.2. The summed E-state index contributed by atoms with van der Waals surface area (Å²) in [6, 6.07) is 0. The van der Waals surface area contributed by atoms with Crippen molar-refractivity contribution >= 4 is 23.3 Å². The summed E-state index contributed by atoms with van der Waals surface area (Å²) in [7, 11) is 0. The predicted molar refractivity (Wildman–Crippen MR) is 100 cm³/mol. The van der Waals surface area contributed by atoms with E-state index < -0.39 is 28.5 Å². The third-order valence-corrected chi connectivity index (χ3v) is 9.09. The van der Waals surface area contributed by atoms with Crippen molar-refractivity contribution in [2.24, 2.45) is 28.1 Å². The summed E-state index contributed by atoms with van der Waals surface area (Å²) in [5.41, 5.74) is 0.156. The number of carbonyl (C=O) groups is 4. The summed E-state index contributed by atoms with van der Waals surface area (Å²) in [5.74, 6) is -1.95. The van der Waals surface area contributed by atoms with Crippen molar-refractivity contribution in [3.63, 3.8) is 0 Å². The first kappa shape index (κ1) is 18.0. The van der Waals surface area contributed by atoms with E-state index in [9.17, 15) is 24.3 Å². The fourth-order valence-corrected chi connectivity index (χ4v) is 7.47. The number of ketones is 3. The molecule has 0 aromatic carbocycles. The van der Waals surface area contributed by atoms with Crippen molar-refractivity contribution in [2.75, 3.05) is 0 Å². The van der Waals surface area contributed by atoms with Gasteiger partial charge in [0.15, 0.2) is 5.78 Å². The SMILES string of the molecule is CC12CCC(=O)CC1C(=O)C(C(=O)O)=C1C3=CC[C@@]4(C)CCC(=O)[C@@]34CCC12. The molecule has 28 heavy (non-hydrogen) atoms. The minimum atomic E-state index is -1.21. The monoisotopic (exact) mass is 382 g/mol. The summed E-state index contributed by atoms with van der Waals surface area (Å²) in [6.07, 6.45) is 6.87. The van der Waals surface area contributed by atoms with Gasteiger partial charge in [0.25, 0.3) is 0 Å². The fourth-order valence-electron chi connectivity index (χ4n) is 7.47. The zero-order chi connectivity index (χ0) is 20.1. The number of carboxylic acid groups (broad SMARTS) is 1. The van der Waals surface area contributed by atoms with Gasteiger partial charge >= 0.3 is 5.97 Å². The average Bonchev–Trinajstić information content (AvgIpc) is 3.07. The van der Waals surface area contributed by atoms with Crippen LogP contribution >= 0.6 is 0 Å². The van der Waals surface area contributed by atoms with E-state index in [2.05, 4.69) is 19.9 Å². The van der Waals surface area contributed by atoms with Crippen LogP contribution < -0.4 is 0 Å². The molecular formula is C23H26O5. The van der Waals surface area contributed by atoms with Gasteiger partial charge in [-0.2, -0.15) is 0 Å². The molecular weight excluding hydrogens is 356 g/mol. The average molecular weight is 382 g/mol. The van der Waals surface area contributed by atoms with Crippen molar-refractivity contribution in [3.05, 3.63) is 22.8 Å². The number of Topliss-reactive ketones (excluding diaryl/α,β-unsaturated/α-hetero) is 3. The number of hydrogen-bond donors (Lipinski definition) is 1. The predicted octanol–water partition coefficient (Wildman–Crippen LogP) is 3.42. The Hall–Kier alpha value is -2.04. The number of hydrogen-bond acceptors (Lipinski definition) is 4. The van der Waals surface area contributed by atoms with Crippen LogP contribution in [0.3, 0.4) is 0 Å². The molecule has 0 bridgehead atoms. The molecule has 3 saturated carbocycles. The normalized spacial score (nSPS) is 44.6. The van der Waals surface area contributed by atoms with E-state index in [-0.39, 0.29) is 34.9 Å². The van der Waals surface area contributed by atoms with Crippen LogP contribution in [0, 0.1) is 28.1 Å². The van der Waals surface area contributed by atoms with Crippen molar-refractivity contribution in [1.82, 2.24) is 0 Å². The summed E-state index contributed by atoms with van der Waals surface area (Å²) in [4.78, 5) is 50.8. The number of rotatable bonds is 1. The molecule has 0 radical (unpaired) electrons. The molecule has 0 aromatic heterocycles. The molecule has 0 amide bonds. The fraction of sp³-hybridized carbons (Fsp3) is 0.652. The lowest BCUT2D eigenvalue weighted by Crippen LogP contribution is -2.54. The highest BCUT2D eigenvalue weighted by Crippen LogP contribution is 2.71. The standard InChI is InChI=1S/C23H26O5/c1-21-7-4-14-17-13(5-10-23(14,21)16(25)6-8-21)22(2)9-3-12(24)11-15(22)19(26)18(17)20(27)28/h4,13,15H,3,5-11H2,1-2H3,(H,27,28)/t13?,15?,21-,22?,23+/m0/s1. The van der Waals surface area contributed by atoms with E-state index in [4.69, 9.17) is 0 Å². The van der Waals surface area contributed by atoms with E-state index in [0.717, 1.165) is 31.3 Å². The van der Waals surface area contributed by atoms with Gasteiger partial charge in [-0.3, -0.25) is 14.4 Å². The summed E-state index contributed by atoms with van der Waals surface area (Å²) in [5, 5.41) is 10.0. The van der Waals surface area contributed by atoms with Gasteiger partial charge < -0.3 is 5.11 Å². The van der Waals surface area contributed by atoms with Gasteiger partial charge in [0.05, 0.1) is 5.41 Å². The van der Waals surface area contributed by atoms with Crippen LogP contribution in [0.4, 0.5) is 0 Å². The van der Waals surface area contributed by atoms with Gasteiger partial charge in [-0.25, -0.2) is 4.79 Å². The minimum absolute atomic E-state index is 0.0509. The molecule has 0 heterocycles. The Balaban J connectivity index is 1.75. The second-order valence-electron chi connectivity index (χ2n) is 10.1. The highest BCUT2D eigenvalue weighted by Gasteiger charge is 2.67. The van der Waals surface area contributed by atoms with Gasteiger partial charge in [-0.05, 0) is 60.0 Å². The Bertz CT molecular complexity index is 923. The Morgan fingerprint density at radius 1 is 1.07 bits per heavy atom. The molecule has 1 N–H and O–H groups in total. The van der Waals surface area contributed by atoms with E-state index in [1.807, 2.05) is 0 Å². The number of carboxylic acids is 1. The largest absolute Gasteiger partial charge is 0.478 e. The maximum atomic E-state index is 13.3. The van der Waals surface area contributed by atoms with Crippen molar-refractivity contribution in [3.8, 4) is 0 Å². The van der Waals surface area contributed by atoms with E-state index in [0.29, 0.717) is 24.8 Å². The maximum Gasteiger partial charge on any atom is 0.339 e. The van der Waals surface area contributed by atoms with Crippen LogP contribution in [-0.2, 0) is 19.2 Å². The first-order valence-corrected chi connectivity index (χ1v) is 10.4. The third-order valence-electron chi connectivity index (χ3n) is 9.09. The zero-order valence-electron chi connectivity index (χ0n) is 16.5. The summed E-state index contributed by atoms with van der Waals surface area (Å²) >= 11 is 0. The van der Waals surface area contributed by atoms with Crippen LogP contribution in [0.15, 0.2) is 22.8 Å². The Morgan fingerprint density at radius 3 is 2.54 bits per heavy atom. The molecule has 3 fully saturated rings. The molecule has 0 aromatic rings. The third kappa shape index (κ3) is 1.84. The van der Waals surface area contributed by atoms with E-state index in [1.165, 1.54) is 0 Å². The number of allylic oxidation sites excluding steroid dienone is 3. The second kappa shape index (κ2) is 5.31. The number of fused-ring (bicyclic) bond motifs is 4. The molecule has 3 unspecified atom stereocenters. The molecule has 0 saturated heterocycles. The highest BCUT2D eigenvalue weighted by molar-refractivity contribution is 6.20. The Labute approximate surface area is 164 Å². The topological polar surface area (TPSA) is 88.5 Å². The van der Waals surface area contributed by atoms with E-state index >= 15 is 0 Å². The number of aliphatic carboxylic acids is 1.